The first-order valence-electron chi connectivity index (χ1n) is 6.01. The minimum Gasteiger partial charge on any atom is -0.392 e. The summed E-state index contributed by atoms with van der Waals surface area (Å²) in [5.74, 6) is 1.08. The molecule has 0 bridgehead atoms. The molecule has 0 heterocycles. The molecule has 0 saturated carbocycles. The molecule has 0 radical (unpaired) electrons. The van der Waals surface area contributed by atoms with Crippen LogP contribution in [0, 0.1) is 0 Å². The number of hydrogen-bond donors (Lipinski definition) is 2. The maximum absolute atomic E-state index is 9.07. The second-order valence-corrected chi connectivity index (χ2v) is 7.17. The number of aliphatic hydroxyl groups excluding tert-OH is 1. The molecule has 0 saturated heterocycles. The molecular formula is C14H23NOS. The molecule has 96 valence electrons. The highest BCUT2D eigenvalue weighted by Gasteiger charge is 2.12. The minimum atomic E-state index is 0.0979. The highest BCUT2D eigenvalue weighted by atomic mass is 32.2. The van der Waals surface area contributed by atoms with E-state index < -0.39 is 0 Å². The summed E-state index contributed by atoms with van der Waals surface area (Å²) in [5.41, 5.74) is 2.03. The quantitative estimate of drug-likeness (QED) is 0.842. The molecule has 3 heteroatoms. The van der Waals surface area contributed by atoms with Gasteiger partial charge in [0.05, 0.1) is 6.61 Å². The molecule has 0 fully saturated rings. The average molecular weight is 253 g/mol. The van der Waals surface area contributed by atoms with Crippen LogP contribution in [0.25, 0.3) is 0 Å². The minimum absolute atomic E-state index is 0.0979. The molecule has 2 nitrogen and oxygen atoms in total. The predicted octanol–water partition coefficient (Wildman–Crippen LogP) is 3.51. The van der Waals surface area contributed by atoms with Crippen molar-refractivity contribution in [3.63, 3.8) is 0 Å². The summed E-state index contributed by atoms with van der Waals surface area (Å²) in [6.45, 7) is 8.98. The van der Waals surface area contributed by atoms with E-state index in [0.717, 1.165) is 17.0 Å². The lowest BCUT2D eigenvalue weighted by Gasteiger charge is -2.22. The Bertz CT molecular complexity index is 346. The van der Waals surface area contributed by atoms with E-state index in [1.165, 1.54) is 0 Å². The van der Waals surface area contributed by atoms with Crippen molar-refractivity contribution < 1.29 is 5.11 Å². The smallest absolute Gasteiger partial charge is 0.0682 e. The first-order chi connectivity index (χ1) is 7.90. The summed E-state index contributed by atoms with van der Waals surface area (Å²) < 4.78 is 0.308. The summed E-state index contributed by atoms with van der Waals surface area (Å²) in [6, 6.07) is 8.36. The van der Waals surface area contributed by atoms with Crippen molar-refractivity contribution in [2.24, 2.45) is 0 Å². The molecule has 0 unspecified atom stereocenters. The van der Waals surface area contributed by atoms with Crippen molar-refractivity contribution in [1.29, 1.82) is 0 Å². The average Bonchev–Trinajstić information content (AvgIpc) is 2.26. The van der Waals surface area contributed by atoms with Crippen molar-refractivity contribution in [2.75, 3.05) is 11.1 Å². The Labute approximate surface area is 109 Å². The number of nitrogens with one attached hydrogen (secondary N) is 1. The van der Waals surface area contributed by atoms with Crippen molar-refractivity contribution in [1.82, 2.24) is 0 Å². The molecule has 1 rings (SSSR count). The third kappa shape index (κ3) is 5.99. The Balaban J connectivity index is 2.47. The Morgan fingerprint density at radius 3 is 2.65 bits per heavy atom. The maximum Gasteiger partial charge on any atom is 0.0682 e. The van der Waals surface area contributed by atoms with E-state index in [-0.39, 0.29) is 6.61 Å². The van der Waals surface area contributed by atoms with E-state index in [1.54, 1.807) is 0 Å². The van der Waals surface area contributed by atoms with Gasteiger partial charge in [0, 0.05) is 22.2 Å². The molecule has 0 amide bonds. The summed E-state index contributed by atoms with van der Waals surface area (Å²) in [7, 11) is 0. The molecule has 0 spiro atoms. The van der Waals surface area contributed by atoms with Gasteiger partial charge >= 0.3 is 0 Å². The lowest BCUT2D eigenvalue weighted by atomic mass is 10.2. The van der Waals surface area contributed by atoms with E-state index in [9.17, 15) is 0 Å². The van der Waals surface area contributed by atoms with Gasteiger partial charge < -0.3 is 10.4 Å². The van der Waals surface area contributed by atoms with Crippen molar-refractivity contribution in [2.45, 2.75) is 45.1 Å². The zero-order valence-electron chi connectivity index (χ0n) is 11.2. The van der Waals surface area contributed by atoms with Crippen LogP contribution in [0.2, 0.25) is 0 Å². The largest absolute Gasteiger partial charge is 0.392 e. The molecule has 2 N–H and O–H groups in total. The third-order valence-corrected chi connectivity index (χ3v) is 3.82. The summed E-state index contributed by atoms with van der Waals surface area (Å²) in [4.78, 5) is 0. The van der Waals surface area contributed by atoms with Gasteiger partial charge in [-0.2, -0.15) is 11.8 Å². The van der Waals surface area contributed by atoms with Crippen LogP contribution >= 0.6 is 11.8 Å². The fraction of sp³-hybridized carbons (Fsp3) is 0.571. The zero-order valence-corrected chi connectivity index (χ0v) is 12.0. The zero-order chi connectivity index (χ0) is 12.9. The number of rotatable bonds is 5. The summed E-state index contributed by atoms with van der Waals surface area (Å²) >= 11 is 1.96. The standard InChI is InChI=1S/C14H23NOS/c1-11(10-17-14(2,3)4)15-13-7-5-6-12(8-13)9-16/h5-8,11,15-16H,9-10H2,1-4H3/t11-/m0/s1. The Morgan fingerprint density at radius 1 is 1.35 bits per heavy atom. The van der Waals surface area contributed by atoms with Crippen LogP contribution in [0.5, 0.6) is 0 Å². The van der Waals surface area contributed by atoms with Crippen LogP contribution in [0.4, 0.5) is 5.69 Å². The predicted molar refractivity (Wildman–Crippen MR) is 77.7 cm³/mol. The molecule has 1 aromatic carbocycles. The Hall–Kier alpha value is -0.670. The van der Waals surface area contributed by atoms with E-state index in [4.69, 9.17) is 5.11 Å². The molecule has 1 atom stereocenters. The van der Waals surface area contributed by atoms with Crippen LogP contribution in [0.15, 0.2) is 24.3 Å². The second-order valence-electron chi connectivity index (χ2n) is 5.33. The normalized spacial score (nSPS) is 13.5. The topological polar surface area (TPSA) is 32.3 Å². The molecule has 0 aliphatic heterocycles. The third-order valence-electron chi connectivity index (χ3n) is 2.29. The van der Waals surface area contributed by atoms with E-state index >= 15 is 0 Å². The molecule has 0 aliphatic rings. The van der Waals surface area contributed by atoms with Crippen LogP contribution in [0.3, 0.4) is 0 Å². The molecule has 17 heavy (non-hydrogen) atoms. The second kappa shape index (κ2) is 6.31. The van der Waals surface area contributed by atoms with Gasteiger partial charge in [0.25, 0.3) is 0 Å². The van der Waals surface area contributed by atoms with Crippen molar-refractivity contribution >= 4 is 17.4 Å². The van der Waals surface area contributed by atoms with Crippen molar-refractivity contribution in [3.8, 4) is 0 Å². The van der Waals surface area contributed by atoms with Gasteiger partial charge in [-0.05, 0) is 24.6 Å². The SMILES string of the molecule is C[C@@H](CSC(C)(C)C)Nc1cccc(CO)c1. The first kappa shape index (κ1) is 14.4. The maximum atomic E-state index is 9.07. The van der Waals surface area contributed by atoms with Gasteiger partial charge in [-0.15, -0.1) is 0 Å². The first-order valence-corrected chi connectivity index (χ1v) is 6.99. The lowest BCUT2D eigenvalue weighted by Crippen LogP contribution is -2.21. The van der Waals surface area contributed by atoms with E-state index in [0.29, 0.717) is 10.8 Å². The fourth-order valence-corrected chi connectivity index (χ4v) is 2.29. The number of hydrogen-bond acceptors (Lipinski definition) is 3. The molecule has 0 aromatic heterocycles. The Morgan fingerprint density at radius 2 is 2.06 bits per heavy atom. The van der Waals surface area contributed by atoms with Gasteiger partial charge in [0.2, 0.25) is 0 Å². The van der Waals surface area contributed by atoms with Gasteiger partial charge in [-0.1, -0.05) is 32.9 Å². The summed E-state index contributed by atoms with van der Waals surface area (Å²) in [6.07, 6.45) is 0. The number of aliphatic hydroxyl groups is 1. The highest BCUT2D eigenvalue weighted by molar-refractivity contribution is 8.00. The van der Waals surface area contributed by atoms with Gasteiger partial charge in [-0.25, -0.2) is 0 Å². The summed E-state index contributed by atoms with van der Waals surface area (Å²) in [5, 5.41) is 12.5. The van der Waals surface area contributed by atoms with Crippen molar-refractivity contribution in [3.05, 3.63) is 29.8 Å². The number of thioether (sulfide) groups is 1. The van der Waals surface area contributed by atoms with Gasteiger partial charge in [0.15, 0.2) is 0 Å². The Kier molecular flexibility index (Phi) is 5.34. The van der Waals surface area contributed by atoms with E-state index in [2.05, 4.69) is 33.0 Å². The van der Waals surface area contributed by atoms with Crippen LogP contribution in [0.1, 0.15) is 33.3 Å². The number of benzene rings is 1. The highest BCUT2D eigenvalue weighted by Crippen LogP contribution is 2.24. The fourth-order valence-electron chi connectivity index (χ4n) is 1.46. The molecular weight excluding hydrogens is 230 g/mol. The molecule has 1 aromatic rings. The molecule has 0 aliphatic carbocycles. The van der Waals surface area contributed by atoms with E-state index in [1.807, 2.05) is 36.0 Å². The van der Waals surface area contributed by atoms with Crippen LogP contribution < -0.4 is 5.32 Å². The van der Waals surface area contributed by atoms with Crippen LogP contribution in [-0.4, -0.2) is 21.6 Å². The van der Waals surface area contributed by atoms with Crippen LogP contribution in [-0.2, 0) is 6.61 Å². The monoisotopic (exact) mass is 253 g/mol. The number of anilines is 1. The lowest BCUT2D eigenvalue weighted by molar-refractivity contribution is 0.282. The van der Waals surface area contributed by atoms with Gasteiger partial charge in [-0.3, -0.25) is 0 Å². The van der Waals surface area contributed by atoms with Gasteiger partial charge in [0.1, 0.15) is 0 Å².